The third-order valence-electron chi connectivity index (χ3n) is 5.90. The second-order valence-electron chi connectivity index (χ2n) is 8.45. The van der Waals surface area contributed by atoms with Crippen molar-refractivity contribution in [3.05, 3.63) is 87.7 Å². The molecule has 0 atom stereocenters. The van der Waals surface area contributed by atoms with Gasteiger partial charge in [0.25, 0.3) is 5.91 Å². The standard InChI is InChI=1S/C25H14ClF11N2O2/c1-39(21(41)15-8-4-7-13(18(15)27)12-5-2-3-6-14(12)20(38)40)19-16(23(29,30)31)9-11(10-17(19)26)22(28,24(32,33)34)25(35,36)37/h2-10H,1H3,(H2,38,40). The summed E-state index contributed by atoms with van der Waals surface area (Å²) in [5.74, 6) is -3.94. The Morgan fingerprint density at radius 3 is 1.80 bits per heavy atom. The highest BCUT2D eigenvalue weighted by Crippen LogP contribution is 2.55. The maximum absolute atomic E-state index is 15.5. The smallest absolute Gasteiger partial charge is 0.366 e. The maximum Gasteiger partial charge on any atom is 0.435 e. The van der Waals surface area contributed by atoms with E-state index in [0.29, 0.717) is 7.05 Å². The van der Waals surface area contributed by atoms with Crippen molar-refractivity contribution >= 4 is 29.1 Å². The molecule has 0 saturated heterocycles. The predicted molar refractivity (Wildman–Crippen MR) is 124 cm³/mol. The molecule has 0 spiro atoms. The zero-order valence-electron chi connectivity index (χ0n) is 20.1. The van der Waals surface area contributed by atoms with E-state index in [4.69, 9.17) is 17.3 Å². The molecule has 0 saturated carbocycles. The molecule has 0 aliphatic rings. The SMILES string of the molecule is CN(C(=O)c1cccc(-c2ccccc2C(N)=O)c1F)c1c(Cl)cc(C(F)(C(F)(F)F)C(F)(F)F)cc1C(F)(F)F. The van der Waals surface area contributed by atoms with Crippen LogP contribution in [0.2, 0.25) is 5.02 Å². The van der Waals surface area contributed by atoms with E-state index in [9.17, 15) is 53.5 Å². The fourth-order valence-corrected chi connectivity index (χ4v) is 4.31. The molecular formula is C25H14ClF11N2O2. The Labute approximate surface area is 228 Å². The minimum absolute atomic E-state index is 0.0260. The fourth-order valence-electron chi connectivity index (χ4n) is 3.96. The molecule has 3 aromatic carbocycles. The van der Waals surface area contributed by atoms with Gasteiger partial charge in [0.15, 0.2) is 0 Å². The third kappa shape index (κ3) is 5.54. The minimum atomic E-state index is -6.76. The first kappa shape index (κ1) is 31.6. The monoisotopic (exact) mass is 618 g/mol. The molecule has 41 heavy (non-hydrogen) atoms. The molecule has 2 N–H and O–H groups in total. The number of alkyl halides is 10. The lowest BCUT2D eigenvalue weighted by Crippen LogP contribution is -2.50. The Morgan fingerprint density at radius 1 is 0.780 bits per heavy atom. The molecule has 0 heterocycles. The number of carbonyl (C=O) groups excluding carboxylic acids is 2. The van der Waals surface area contributed by atoms with E-state index in [2.05, 4.69) is 0 Å². The number of nitrogens with zero attached hydrogens (tertiary/aromatic N) is 1. The Bertz CT molecular complexity index is 1500. The molecule has 2 amide bonds. The van der Waals surface area contributed by atoms with E-state index >= 15 is 4.39 Å². The molecule has 0 aromatic heterocycles. The first-order valence-electron chi connectivity index (χ1n) is 10.8. The second-order valence-corrected chi connectivity index (χ2v) is 8.85. The van der Waals surface area contributed by atoms with Crippen LogP contribution >= 0.6 is 11.6 Å². The van der Waals surface area contributed by atoms with Crippen molar-refractivity contribution in [3.63, 3.8) is 0 Å². The minimum Gasteiger partial charge on any atom is -0.366 e. The largest absolute Gasteiger partial charge is 0.435 e. The number of benzene rings is 3. The van der Waals surface area contributed by atoms with Gasteiger partial charge in [0, 0.05) is 23.7 Å². The van der Waals surface area contributed by atoms with Gasteiger partial charge in [0.1, 0.15) is 5.82 Å². The van der Waals surface area contributed by atoms with Crippen molar-refractivity contribution in [1.82, 2.24) is 0 Å². The molecular weight excluding hydrogens is 605 g/mol. The summed E-state index contributed by atoms with van der Waals surface area (Å²) in [5.41, 5.74) is -8.99. The Balaban J connectivity index is 2.23. The van der Waals surface area contributed by atoms with Crippen LogP contribution in [0.3, 0.4) is 0 Å². The normalized spacial score (nSPS) is 12.8. The molecule has 0 bridgehead atoms. The van der Waals surface area contributed by atoms with Gasteiger partial charge in [-0.25, -0.2) is 8.78 Å². The number of carbonyl (C=O) groups is 2. The summed E-state index contributed by atoms with van der Waals surface area (Å²) in [7, 11) is 0.581. The molecule has 0 fully saturated rings. The van der Waals surface area contributed by atoms with Gasteiger partial charge in [-0.3, -0.25) is 9.59 Å². The van der Waals surface area contributed by atoms with E-state index in [1.54, 1.807) is 0 Å². The van der Waals surface area contributed by atoms with E-state index in [1.165, 1.54) is 24.3 Å². The second kappa shape index (κ2) is 10.5. The Kier molecular flexibility index (Phi) is 8.11. The van der Waals surface area contributed by atoms with Crippen molar-refractivity contribution in [2.45, 2.75) is 24.2 Å². The number of hydrogen-bond acceptors (Lipinski definition) is 2. The van der Waals surface area contributed by atoms with Crippen molar-refractivity contribution in [2.24, 2.45) is 5.73 Å². The van der Waals surface area contributed by atoms with Gasteiger partial charge in [-0.15, -0.1) is 0 Å². The van der Waals surface area contributed by atoms with Gasteiger partial charge in [0.2, 0.25) is 5.91 Å². The summed E-state index contributed by atoms with van der Waals surface area (Å²) in [6.07, 6.45) is -19.3. The highest BCUT2D eigenvalue weighted by Gasteiger charge is 2.73. The molecule has 3 rings (SSSR count). The fraction of sp³-hybridized carbons (Fsp3) is 0.200. The number of anilines is 1. The maximum atomic E-state index is 15.5. The summed E-state index contributed by atoms with van der Waals surface area (Å²) in [6, 6.07) is 7.10. The van der Waals surface area contributed by atoms with Crippen molar-refractivity contribution < 1.29 is 57.9 Å². The lowest BCUT2D eigenvalue weighted by Gasteiger charge is -2.32. The van der Waals surface area contributed by atoms with E-state index in [-0.39, 0.29) is 22.1 Å². The van der Waals surface area contributed by atoms with E-state index in [1.807, 2.05) is 0 Å². The summed E-state index contributed by atoms with van der Waals surface area (Å²) in [6.45, 7) is 0. The van der Waals surface area contributed by atoms with Gasteiger partial charge in [-0.1, -0.05) is 41.9 Å². The van der Waals surface area contributed by atoms with Gasteiger partial charge in [0.05, 0.1) is 21.8 Å². The van der Waals surface area contributed by atoms with Crippen molar-refractivity contribution in [2.75, 3.05) is 11.9 Å². The van der Waals surface area contributed by atoms with Gasteiger partial charge in [-0.05, 0) is 29.8 Å². The molecule has 220 valence electrons. The van der Waals surface area contributed by atoms with Gasteiger partial charge < -0.3 is 10.6 Å². The van der Waals surface area contributed by atoms with Crippen LogP contribution in [0.4, 0.5) is 54.0 Å². The third-order valence-corrected chi connectivity index (χ3v) is 6.19. The molecule has 0 unspecified atom stereocenters. The van der Waals surface area contributed by atoms with E-state index < -0.39 is 80.9 Å². The summed E-state index contributed by atoms with van der Waals surface area (Å²) < 4.78 is 151. The van der Waals surface area contributed by atoms with Crippen LogP contribution < -0.4 is 10.6 Å². The lowest BCUT2D eigenvalue weighted by molar-refractivity contribution is -0.348. The number of amides is 2. The van der Waals surface area contributed by atoms with E-state index in [0.717, 1.165) is 18.2 Å². The quantitative estimate of drug-likeness (QED) is 0.296. The Morgan fingerprint density at radius 2 is 1.29 bits per heavy atom. The van der Waals surface area contributed by atoms with Crippen LogP contribution in [0.15, 0.2) is 54.6 Å². The topological polar surface area (TPSA) is 63.4 Å². The lowest BCUT2D eigenvalue weighted by atomic mass is 9.91. The highest BCUT2D eigenvalue weighted by molar-refractivity contribution is 6.34. The van der Waals surface area contributed by atoms with Crippen LogP contribution in [0.5, 0.6) is 0 Å². The van der Waals surface area contributed by atoms with Crippen LogP contribution in [-0.4, -0.2) is 31.2 Å². The van der Waals surface area contributed by atoms with Crippen LogP contribution in [0, 0.1) is 5.82 Å². The van der Waals surface area contributed by atoms with Crippen molar-refractivity contribution in [3.8, 4) is 11.1 Å². The van der Waals surface area contributed by atoms with Gasteiger partial charge in [-0.2, -0.15) is 39.5 Å². The molecule has 16 heteroatoms. The summed E-state index contributed by atoms with van der Waals surface area (Å²) in [5, 5.41) is -1.53. The number of nitrogens with two attached hydrogens (primary N) is 1. The van der Waals surface area contributed by atoms with Crippen molar-refractivity contribution in [1.29, 1.82) is 0 Å². The number of halogens is 12. The number of hydrogen-bond donors (Lipinski definition) is 1. The molecule has 0 aliphatic carbocycles. The van der Waals surface area contributed by atoms with Crippen LogP contribution in [0.25, 0.3) is 11.1 Å². The number of rotatable bonds is 5. The zero-order chi connectivity index (χ0) is 31.3. The highest BCUT2D eigenvalue weighted by atomic mass is 35.5. The first-order valence-corrected chi connectivity index (χ1v) is 11.2. The molecule has 4 nitrogen and oxygen atoms in total. The molecule has 0 aliphatic heterocycles. The summed E-state index contributed by atoms with van der Waals surface area (Å²) in [4.78, 5) is 24.9. The van der Waals surface area contributed by atoms with Gasteiger partial charge >= 0.3 is 24.2 Å². The van der Waals surface area contributed by atoms with Crippen LogP contribution in [0.1, 0.15) is 31.8 Å². The van der Waals surface area contributed by atoms with Crippen LogP contribution in [-0.2, 0) is 11.8 Å². The number of primary amides is 1. The zero-order valence-corrected chi connectivity index (χ0v) is 20.8. The molecule has 0 radical (unpaired) electrons. The average molecular weight is 619 g/mol. The predicted octanol–water partition coefficient (Wildman–Crippen LogP) is 7.83. The average Bonchev–Trinajstić information content (AvgIpc) is 2.85. The first-order chi connectivity index (χ1) is 18.6. The Hall–Kier alpha value is -3.88. The molecule has 3 aromatic rings. The summed E-state index contributed by atoms with van der Waals surface area (Å²) >= 11 is 5.66.